The minimum absolute atomic E-state index is 0.112. The fourth-order valence-electron chi connectivity index (χ4n) is 3.14. The largest absolute Gasteiger partial charge is 0.497 e. The first kappa shape index (κ1) is 26.5. The Balaban J connectivity index is 2.05. The van der Waals surface area contributed by atoms with E-state index in [1.807, 2.05) is 13.8 Å². The fraction of sp³-hybridized carbons (Fsp3) is 0.458. The molecule has 1 amide bonds. The molecule has 33 heavy (non-hydrogen) atoms. The van der Waals surface area contributed by atoms with E-state index in [2.05, 4.69) is 5.32 Å². The van der Waals surface area contributed by atoms with Gasteiger partial charge in [-0.3, -0.25) is 4.79 Å². The molecule has 0 fully saturated rings. The van der Waals surface area contributed by atoms with E-state index in [9.17, 15) is 13.2 Å². The molecular weight excluding hydrogens is 444 g/mol. The second-order valence-electron chi connectivity index (χ2n) is 7.59. The monoisotopic (exact) mass is 478 g/mol. The van der Waals surface area contributed by atoms with Gasteiger partial charge in [-0.2, -0.15) is 4.31 Å². The summed E-state index contributed by atoms with van der Waals surface area (Å²) in [5.41, 5.74) is 0.331. The lowest BCUT2D eigenvalue weighted by Gasteiger charge is -2.20. The van der Waals surface area contributed by atoms with Crippen molar-refractivity contribution in [2.24, 2.45) is 0 Å². The summed E-state index contributed by atoms with van der Waals surface area (Å²) in [6.45, 7) is 8.39. The number of nitrogens with zero attached hydrogens (tertiary/aromatic N) is 1. The van der Waals surface area contributed by atoms with E-state index in [1.54, 1.807) is 51.3 Å². The number of hydrogen-bond acceptors (Lipinski definition) is 6. The van der Waals surface area contributed by atoms with Crippen LogP contribution in [0, 0.1) is 0 Å². The third-order valence-corrected chi connectivity index (χ3v) is 6.85. The number of nitrogens with one attached hydrogen (secondary N) is 1. The molecule has 0 saturated carbocycles. The van der Waals surface area contributed by atoms with E-state index in [4.69, 9.17) is 14.2 Å². The summed E-state index contributed by atoms with van der Waals surface area (Å²) < 4.78 is 43.7. The van der Waals surface area contributed by atoms with Gasteiger partial charge in [0.25, 0.3) is 0 Å². The van der Waals surface area contributed by atoms with Crippen LogP contribution < -0.4 is 19.5 Å². The SMILES string of the molecule is CCN(CC)S(=O)(=O)c1ccc(OC(C)C)c(NC(=O)CCCOc2ccc(OC)cc2)c1. The molecule has 1 N–H and O–H groups in total. The number of amides is 1. The minimum Gasteiger partial charge on any atom is -0.497 e. The Hall–Kier alpha value is -2.78. The minimum atomic E-state index is -3.66. The molecule has 9 heteroatoms. The van der Waals surface area contributed by atoms with E-state index < -0.39 is 10.0 Å². The summed E-state index contributed by atoms with van der Waals surface area (Å²) in [6, 6.07) is 11.8. The maximum Gasteiger partial charge on any atom is 0.243 e. The van der Waals surface area contributed by atoms with Gasteiger partial charge in [-0.05, 0) is 62.7 Å². The number of methoxy groups -OCH3 is 1. The van der Waals surface area contributed by atoms with Gasteiger partial charge in [0.1, 0.15) is 17.2 Å². The van der Waals surface area contributed by atoms with Crippen LogP contribution in [0.5, 0.6) is 17.2 Å². The molecule has 0 saturated heterocycles. The molecule has 0 aliphatic heterocycles. The summed E-state index contributed by atoms with van der Waals surface area (Å²) in [4.78, 5) is 12.7. The lowest BCUT2D eigenvalue weighted by molar-refractivity contribution is -0.116. The highest BCUT2D eigenvalue weighted by molar-refractivity contribution is 7.89. The third kappa shape index (κ3) is 7.64. The summed E-state index contributed by atoms with van der Waals surface area (Å²) in [7, 11) is -2.07. The van der Waals surface area contributed by atoms with E-state index in [-0.39, 0.29) is 23.3 Å². The van der Waals surface area contributed by atoms with Crippen molar-refractivity contribution >= 4 is 21.6 Å². The molecule has 0 unspecified atom stereocenters. The van der Waals surface area contributed by atoms with Crippen LogP contribution in [0.3, 0.4) is 0 Å². The van der Waals surface area contributed by atoms with Crippen LogP contribution in [0.25, 0.3) is 0 Å². The summed E-state index contributed by atoms with van der Waals surface area (Å²) in [6.07, 6.45) is 0.573. The molecule has 0 aromatic heterocycles. The van der Waals surface area contributed by atoms with Crippen LogP contribution in [0.4, 0.5) is 5.69 Å². The first-order valence-electron chi connectivity index (χ1n) is 11.1. The number of carbonyl (C=O) groups excluding carboxylic acids is 1. The Morgan fingerprint density at radius 3 is 2.24 bits per heavy atom. The van der Waals surface area contributed by atoms with Crippen molar-refractivity contribution in [1.29, 1.82) is 0 Å². The van der Waals surface area contributed by atoms with Crippen molar-refractivity contribution in [2.45, 2.75) is 51.5 Å². The van der Waals surface area contributed by atoms with E-state index in [0.29, 0.717) is 43.3 Å². The Bertz CT molecular complexity index is 1000. The topological polar surface area (TPSA) is 94.2 Å². The molecule has 0 bridgehead atoms. The molecule has 0 aliphatic rings. The Morgan fingerprint density at radius 1 is 1.03 bits per heavy atom. The molecule has 0 atom stereocenters. The number of sulfonamides is 1. The second kappa shape index (κ2) is 12.5. The van der Waals surface area contributed by atoms with E-state index in [0.717, 1.165) is 5.75 Å². The third-order valence-electron chi connectivity index (χ3n) is 4.81. The lowest BCUT2D eigenvalue weighted by Crippen LogP contribution is -2.30. The van der Waals surface area contributed by atoms with Gasteiger partial charge < -0.3 is 19.5 Å². The summed E-state index contributed by atoms with van der Waals surface area (Å²) >= 11 is 0. The first-order chi connectivity index (χ1) is 15.7. The normalized spacial score (nSPS) is 11.5. The maximum absolute atomic E-state index is 12.9. The van der Waals surface area contributed by atoms with Crippen molar-refractivity contribution in [2.75, 3.05) is 32.1 Å². The van der Waals surface area contributed by atoms with Crippen LogP contribution >= 0.6 is 0 Å². The van der Waals surface area contributed by atoms with Crippen molar-refractivity contribution in [3.63, 3.8) is 0 Å². The summed E-state index contributed by atoms with van der Waals surface area (Å²) in [5, 5.41) is 2.80. The maximum atomic E-state index is 12.9. The van der Waals surface area contributed by atoms with Gasteiger partial charge in [-0.25, -0.2) is 8.42 Å². The number of hydrogen-bond donors (Lipinski definition) is 1. The number of rotatable bonds is 13. The highest BCUT2D eigenvalue weighted by Crippen LogP contribution is 2.30. The van der Waals surface area contributed by atoms with Crippen molar-refractivity contribution in [1.82, 2.24) is 4.31 Å². The molecule has 0 radical (unpaired) electrons. The average molecular weight is 479 g/mol. The van der Waals surface area contributed by atoms with Crippen LogP contribution in [-0.4, -0.2) is 51.5 Å². The van der Waals surface area contributed by atoms with Crippen molar-refractivity contribution in [3.8, 4) is 17.2 Å². The van der Waals surface area contributed by atoms with Gasteiger partial charge in [0.2, 0.25) is 15.9 Å². The molecule has 2 aromatic carbocycles. The standard InChI is InChI=1S/C24H34N2O6S/c1-6-26(7-2)33(28,29)21-14-15-23(32-18(3)4)22(17-21)25-24(27)9-8-16-31-20-12-10-19(30-5)11-13-20/h10-15,17-18H,6-9,16H2,1-5H3,(H,25,27). The smallest absolute Gasteiger partial charge is 0.243 e. The molecule has 8 nitrogen and oxygen atoms in total. The quantitative estimate of drug-likeness (QED) is 0.431. The number of anilines is 1. The van der Waals surface area contributed by atoms with Gasteiger partial charge in [0, 0.05) is 19.5 Å². The Labute approximate surface area is 196 Å². The van der Waals surface area contributed by atoms with Gasteiger partial charge in [0.15, 0.2) is 0 Å². The van der Waals surface area contributed by atoms with E-state index >= 15 is 0 Å². The predicted octanol–water partition coefficient (Wildman–Crippen LogP) is 4.31. The number of benzene rings is 2. The number of carbonyl (C=O) groups is 1. The van der Waals surface area contributed by atoms with Crippen molar-refractivity contribution in [3.05, 3.63) is 42.5 Å². The Morgan fingerprint density at radius 2 is 1.67 bits per heavy atom. The molecule has 0 aliphatic carbocycles. The second-order valence-corrected chi connectivity index (χ2v) is 9.53. The Kier molecular flexibility index (Phi) is 9.99. The van der Waals surface area contributed by atoms with Gasteiger partial charge in [-0.1, -0.05) is 13.8 Å². The van der Waals surface area contributed by atoms with Gasteiger partial charge in [-0.15, -0.1) is 0 Å². The molecule has 0 spiro atoms. The molecule has 182 valence electrons. The highest BCUT2D eigenvalue weighted by Gasteiger charge is 2.23. The predicted molar refractivity (Wildman–Crippen MR) is 129 cm³/mol. The fourth-order valence-corrected chi connectivity index (χ4v) is 4.63. The van der Waals surface area contributed by atoms with Crippen molar-refractivity contribution < 1.29 is 27.4 Å². The van der Waals surface area contributed by atoms with Gasteiger partial charge >= 0.3 is 0 Å². The molecule has 2 aromatic rings. The number of ether oxygens (including phenoxy) is 3. The van der Waals surface area contributed by atoms with Gasteiger partial charge in [0.05, 0.1) is 30.4 Å². The lowest BCUT2D eigenvalue weighted by atomic mass is 10.2. The highest BCUT2D eigenvalue weighted by atomic mass is 32.2. The summed E-state index contributed by atoms with van der Waals surface area (Å²) in [5.74, 6) is 1.61. The van der Waals surface area contributed by atoms with E-state index in [1.165, 1.54) is 16.4 Å². The van der Waals surface area contributed by atoms with Crippen LogP contribution in [-0.2, 0) is 14.8 Å². The van der Waals surface area contributed by atoms with Crippen LogP contribution in [0.2, 0.25) is 0 Å². The zero-order chi connectivity index (χ0) is 24.4. The molecule has 0 heterocycles. The van der Waals surface area contributed by atoms with Crippen LogP contribution in [0.15, 0.2) is 47.4 Å². The molecule has 2 rings (SSSR count). The average Bonchev–Trinajstić information content (AvgIpc) is 2.78. The molecular formula is C24H34N2O6S. The zero-order valence-corrected chi connectivity index (χ0v) is 20.8. The zero-order valence-electron chi connectivity index (χ0n) is 20.0. The van der Waals surface area contributed by atoms with Crippen LogP contribution in [0.1, 0.15) is 40.5 Å². The first-order valence-corrected chi connectivity index (χ1v) is 12.5.